The van der Waals surface area contributed by atoms with Crippen LogP contribution in [-0.4, -0.2) is 34.7 Å². The Morgan fingerprint density at radius 2 is 2.07 bits per heavy atom. The van der Waals surface area contributed by atoms with Gasteiger partial charge < -0.3 is 10.2 Å². The molecule has 0 unspecified atom stereocenters. The van der Waals surface area contributed by atoms with E-state index in [-0.39, 0.29) is 41.6 Å². The third-order valence-electron chi connectivity index (χ3n) is 3.99. The van der Waals surface area contributed by atoms with Gasteiger partial charge in [0.15, 0.2) is 5.78 Å². The Morgan fingerprint density at radius 1 is 1.33 bits per heavy atom. The first-order valence-corrected chi connectivity index (χ1v) is 8.00. The summed E-state index contributed by atoms with van der Waals surface area (Å²) in [6.45, 7) is 1.55. The highest BCUT2D eigenvalue weighted by atomic mass is 19.4. The van der Waals surface area contributed by atoms with Crippen LogP contribution in [0.4, 0.5) is 23.4 Å². The van der Waals surface area contributed by atoms with Crippen molar-refractivity contribution >= 4 is 17.5 Å². The van der Waals surface area contributed by atoms with Gasteiger partial charge in [-0.05, 0) is 13.0 Å². The molecule has 2 heterocycles. The van der Waals surface area contributed by atoms with E-state index in [0.717, 1.165) is 6.07 Å². The van der Waals surface area contributed by atoms with Gasteiger partial charge in [0.1, 0.15) is 11.6 Å². The standard InChI is InChI=1S/C17H14F4N4O2/c1-2-22-16(27)14-23-6-10-12(26)8-25(15(10)24-14)7-9-4-3-5-11(13(9)18)17(19,20)21/h3-6H,2,7-8H2,1H3,(H,22,27). The lowest BCUT2D eigenvalue weighted by Crippen LogP contribution is -2.27. The van der Waals surface area contributed by atoms with Gasteiger partial charge >= 0.3 is 6.18 Å². The van der Waals surface area contributed by atoms with E-state index in [2.05, 4.69) is 15.3 Å². The molecule has 27 heavy (non-hydrogen) atoms. The molecule has 0 radical (unpaired) electrons. The van der Waals surface area contributed by atoms with Crippen molar-refractivity contribution in [1.82, 2.24) is 15.3 Å². The van der Waals surface area contributed by atoms with Gasteiger partial charge in [0.05, 0.1) is 17.7 Å². The van der Waals surface area contributed by atoms with Crippen molar-refractivity contribution in [3.63, 3.8) is 0 Å². The molecule has 3 rings (SSSR count). The van der Waals surface area contributed by atoms with Gasteiger partial charge in [0.25, 0.3) is 5.91 Å². The van der Waals surface area contributed by atoms with Gasteiger partial charge in [-0.1, -0.05) is 12.1 Å². The molecule has 1 aromatic carbocycles. The van der Waals surface area contributed by atoms with Gasteiger partial charge in [0.2, 0.25) is 5.82 Å². The Labute approximate surface area is 151 Å². The third kappa shape index (κ3) is 3.60. The van der Waals surface area contributed by atoms with E-state index in [0.29, 0.717) is 12.6 Å². The molecule has 0 saturated carbocycles. The molecule has 10 heteroatoms. The molecule has 2 aromatic rings. The van der Waals surface area contributed by atoms with Crippen LogP contribution < -0.4 is 10.2 Å². The molecule has 0 bridgehead atoms. The smallest absolute Gasteiger partial charge is 0.350 e. The van der Waals surface area contributed by atoms with Crippen LogP contribution in [-0.2, 0) is 12.7 Å². The van der Waals surface area contributed by atoms with Crippen LogP contribution in [0.25, 0.3) is 0 Å². The largest absolute Gasteiger partial charge is 0.419 e. The summed E-state index contributed by atoms with van der Waals surface area (Å²) in [5, 5.41) is 2.51. The van der Waals surface area contributed by atoms with Crippen LogP contribution >= 0.6 is 0 Å². The zero-order valence-electron chi connectivity index (χ0n) is 14.1. The second kappa shape index (κ2) is 6.93. The Hall–Kier alpha value is -3.04. The molecular weight excluding hydrogens is 368 g/mol. The van der Waals surface area contributed by atoms with Crippen LogP contribution in [0.1, 0.15) is 39.0 Å². The minimum atomic E-state index is -4.83. The first-order valence-electron chi connectivity index (χ1n) is 8.00. The van der Waals surface area contributed by atoms with Crippen LogP contribution in [0, 0.1) is 5.82 Å². The van der Waals surface area contributed by atoms with Crippen molar-refractivity contribution in [3.8, 4) is 0 Å². The zero-order valence-corrected chi connectivity index (χ0v) is 14.1. The second-order valence-electron chi connectivity index (χ2n) is 5.85. The molecule has 0 aliphatic carbocycles. The predicted molar refractivity (Wildman–Crippen MR) is 86.8 cm³/mol. The lowest BCUT2D eigenvalue weighted by Gasteiger charge is -2.19. The maximum absolute atomic E-state index is 14.3. The van der Waals surface area contributed by atoms with Crippen molar-refractivity contribution in [1.29, 1.82) is 0 Å². The number of hydrogen-bond acceptors (Lipinski definition) is 5. The number of halogens is 4. The molecule has 0 spiro atoms. The summed E-state index contributed by atoms with van der Waals surface area (Å²) in [5.74, 6) is -2.40. The van der Waals surface area contributed by atoms with Gasteiger partial charge in [-0.25, -0.2) is 14.4 Å². The van der Waals surface area contributed by atoms with Crippen LogP contribution in [0.5, 0.6) is 0 Å². The topological polar surface area (TPSA) is 75.2 Å². The lowest BCUT2D eigenvalue weighted by molar-refractivity contribution is -0.140. The number of anilines is 1. The van der Waals surface area contributed by atoms with E-state index in [1.165, 1.54) is 17.2 Å². The highest BCUT2D eigenvalue weighted by Crippen LogP contribution is 2.34. The van der Waals surface area contributed by atoms with E-state index < -0.39 is 23.5 Å². The van der Waals surface area contributed by atoms with E-state index in [1.54, 1.807) is 6.92 Å². The highest BCUT2D eigenvalue weighted by Gasteiger charge is 2.36. The monoisotopic (exact) mass is 382 g/mol. The fourth-order valence-electron chi connectivity index (χ4n) is 2.75. The van der Waals surface area contributed by atoms with Crippen molar-refractivity contribution < 1.29 is 27.2 Å². The Balaban J connectivity index is 1.94. The molecule has 1 amide bonds. The summed E-state index contributed by atoms with van der Waals surface area (Å²) >= 11 is 0. The molecule has 0 atom stereocenters. The second-order valence-corrected chi connectivity index (χ2v) is 5.85. The van der Waals surface area contributed by atoms with Crippen LogP contribution in [0.15, 0.2) is 24.4 Å². The number of alkyl halides is 3. The predicted octanol–water partition coefficient (Wildman–Crippen LogP) is 2.59. The Morgan fingerprint density at radius 3 is 2.74 bits per heavy atom. The minimum Gasteiger partial charge on any atom is -0.350 e. The fraction of sp³-hybridized carbons (Fsp3) is 0.294. The third-order valence-corrected chi connectivity index (χ3v) is 3.99. The van der Waals surface area contributed by atoms with Gasteiger partial charge in [0, 0.05) is 24.8 Å². The molecule has 142 valence electrons. The van der Waals surface area contributed by atoms with Gasteiger partial charge in [-0.2, -0.15) is 13.2 Å². The summed E-state index contributed by atoms with van der Waals surface area (Å²) in [5.41, 5.74) is -1.48. The minimum absolute atomic E-state index is 0.0908. The number of ketones is 1. The zero-order chi connectivity index (χ0) is 19.8. The average molecular weight is 382 g/mol. The Kier molecular flexibility index (Phi) is 4.81. The number of amides is 1. The number of rotatable bonds is 4. The molecule has 0 saturated heterocycles. The number of fused-ring (bicyclic) bond motifs is 1. The number of benzene rings is 1. The maximum atomic E-state index is 14.3. The summed E-state index contributed by atoms with van der Waals surface area (Å²) in [4.78, 5) is 33.2. The van der Waals surface area contributed by atoms with E-state index in [4.69, 9.17) is 0 Å². The van der Waals surface area contributed by atoms with Crippen LogP contribution in [0.2, 0.25) is 0 Å². The maximum Gasteiger partial charge on any atom is 0.419 e. The van der Waals surface area contributed by atoms with Crippen LogP contribution in [0.3, 0.4) is 0 Å². The molecule has 1 N–H and O–H groups in total. The summed E-state index contributed by atoms with van der Waals surface area (Å²) in [7, 11) is 0. The molecule has 6 nitrogen and oxygen atoms in total. The van der Waals surface area contributed by atoms with Gasteiger partial charge in [-0.3, -0.25) is 9.59 Å². The van der Waals surface area contributed by atoms with Crippen molar-refractivity contribution in [2.24, 2.45) is 0 Å². The molecular formula is C17H14F4N4O2. The number of Topliss-reactive ketones (excluding diaryl/α,β-unsaturated/α-hetero) is 1. The summed E-state index contributed by atoms with van der Waals surface area (Å²) in [6.07, 6.45) is -3.63. The first-order chi connectivity index (χ1) is 12.7. The number of carbonyl (C=O) groups is 2. The number of aromatic nitrogens is 2. The van der Waals surface area contributed by atoms with E-state index in [1.807, 2.05) is 0 Å². The average Bonchev–Trinajstić information content (AvgIpc) is 2.91. The van der Waals surface area contributed by atoms with Crippen molar-refractivity contribution in [2.75, 3.05) is 18.0 Å². The quantitative estimate of drug-likeness (QED) is 0.823. The number of hydrogen-bond donors (Lipinski definition) is 1. The number of nitrogens with one attached hydrogen (secondary N) is 1. The molecule has 1 aliphatic heterocycles. The lowest BCUT2D eigenvalue weighted by atomic mass is 10.1. The molecule has 1 aromatic heterocycles. The summed E-state index contributed by atoms with van der Waals surface area (Å²) in [6, 6.07) is 2.95. The van der Waals surface area contributed by atoms with E-state index in [9.17, 15) is 27.2 Å². The molecule has 0 fully saturated rings. The fourth-order valence-corrected chi connectivity index (χ4v) is 2.75. The first kappa shape index (κ1) is 18.7. The number of nitrogens with zero attached hydrogens (tertiary/aromatic N) is 3. The van der Waals surface area contributed by atoms with Gasteiger partial charge in [-0.15, -0.1) is 0 Å². The van der Waals surface area contributed by atoms with E-state index >= 15 is 0 Å². The normalized spacial score (nSPS) is 13.7. The van der Waals surface area contributed by atoms with Crippen molar-refractivity contribution in [2.45, 2.75) is 19.6 Å². The summed E-state index contributed by atoms with van der Waals surface area (Å²) < 4.78 is 52.9. The highest BCUT2D eigenvalue weighted by molar-refractivity contribution is 6.07. The Bertz CT molecular complexity index is 914. The molecule has 1 aliphatic rings. The van der Waals surface area contributed by atoms with Crippen molar-refractivity contribution in [3.05, 3.63) is 52.7 Å². The number of carbonyl (C=O) groups excluding carboxylic acids is 2. The SMILES string of the molecule is CCNC(=O)c1ncc2c(n1)N(Cc1cccc(C(F)(F)F)c1F)CC2=O.